The van der Waals surface area contributed by atoms with Gasteiger partial charge in [0.1, 0.15) is 5.75 Å². The Labute approximate surface area is 133 Å². The van der Waals surface area contributed by atoms with E-state index >= 15 is 0 Å². The molecule has 0 amide bonds. The zero-order valence-corrected chi connectivity index (χ0v) is 14.0. The van der Waals surface area contributed by atoms with Gasteiger partial charge in [-0.05, 0) is 84.5 Å². The van der Waals surface area contributed by atoms with Crippen molar-refractivity contribution >= 4 is 0 Å². The lowest BCUT2D eigenvalue weighted by atomic mass is 9.53. The lowest BCUT2D eigenvalue weighted by molar-refractivity contribution is -0.0356. The number of rotatable bonds is 1. The highest BCUT2D eigenvalue weighted by molar-refractivity contribution is 5.41. The third-order valence-corrected chi connectivity index (χ3v) is 7.23. The lowest BCUT2D eigenvalue weighted by Gasteiger charge is -2.52. The largest absolute Gasteiger partial charge is 0.497 e. The summed E-state index contributed by atoms with van der Waals surface area (Å²) in [5, 5.41) is 10.5. The van der Waals surface area contributed by atoms with Crippen LogP contribution in [0, 0.1) is 23.2 Å². The Kier molecular flexibility index (Phi) is 3.30. The number of hydrogen-bond acceptors (Lipinski definition) is 2. The van der Waals surface area contributed by atoms with E-state index in [0.29, 0.717) is 17.8 Å². The van der Waals surface area contributed by atoms with Crippen LogP contribution in [0.5, 0.6) is 5.75 Å². The summed E-state index contributed by atoms with van der Waals surface area (Å²) in [6, 6.07) is 6.69. The van der Waals surface area contributed by atoms with E-state index in [2.05, 4.69) is 32.0 Å². The van der Waals surface area contributed by atoms with E-state index < -0.39 is 0 Å². The Balaban J connectivity index is 1.73. The van der Waals surface area contributed by atoms with E-state index in [4.69, 9.17) is 4.74 Å². The number of aliphatic hydroxyl groups is 1. The fourth-order valence-corrected chi connectivity index (χ4v) is 6.05. The van der Waals surface area contributed by atoms with Gasteiger partial charge in [-0.15, -0.1) is 0 Å². The summed E-state index contributed by atoms with van der Waals surface area (Å²) in [6.07, 6.45) is 5.72. The van der Waals surface area contributed by atoms with E-state index in [1.807, 2.05) is 0 Å². The van der Waals surface area contributed by atoms with Crippen molar-refractivity contribution in [2.75, 3.05) is 7.11 Å². The van der Waals surface area contributed by atoms with Gasteiger partial charge in [0.15, 0.2) is 0 Å². The molecule has 2 fully saturated rings. The van der Waals surface area contributed by atoms with Gasteiger partial charge in [0.05, 0.1) is 13.2 Å². The number of fused-ring (bicyclic) bond motifs is 5. The highest BCUT2D eigenvalue weighted by atomic mass is 16.5. The molecule has 1 unspecified atom stereocenters. The Morgan fingerprint density at radius 3 is 2.82 bits per heavy atom. The summed E-state index contributed by atoms with van der Waals surface area (Å²) in [6.45, 7) is 4.78. The third kappa shape index (κ3) is 1.89. The van der Waals surface area contributed by atoms with E-state index in [0.717, 1.165) is 24.5 Å². The van der Waals surface area contributed by atoms with Crippen molar-refractivity contribution in [2.24, 2.45) is 23.2 Å². The molecule has 0 radical (unpaired) electrons. The highest BCUT2D eigenvalue weighted by Gasteiger charge is 2.55. The molecule has 1 aromatic rings. The molecule has 1 N–H and O–H groups in total. The Bertz CT molecular complexity index is 581. The molecule has 2 heteroatoms. The van der Waals surface area contributed by atoms with Gasteiger partial charge in [-0.3, -0.25) is 0 Å². The summed E-state index contributed by atoms with van der Waals surface area (Å²) in [5.41, 5.74) is 3.22. The van der Waals surface area contributed by atoms with Gasteiger partial charge in [-0.25, -0.2) is 0 Å². The number of methoxy groups -OCH3 is 1. The van der Waals surface area contributed by atoms with Gasteiger partial charge in [-0.2, -0.15) is 0 Å². The normalized spacial score (nSPS) is 43.2. The molecule has 0 bridgehead atoms. The first kappa shape index (κ1) is 14.6. The first-order valence-electron chi connectivity index (χ1n) is 8.89. The Morgan fingerprint density at radius 1 is 1.23 bits per heavy atom. The smallest absolute Gasteiger partial charge is 0.119 e. The quantitative estimate of drug-likeness (QED) is 0.844. The molecule has 3 aliphatic carbocycles. The topological polar surface area (TPSA) is 29.5 Å². The van der Waals surface area contributed by atoms with Crippen LogP contribution in [0.1, 0.15) is 56.6 Å². The summed E-state index contributed by atoms with van der Waals surface area (Å²) < 4.78 is 5.42. The highest BCUT2D eigenvalue weighted by Crippen LogP contribution is 2.62. The minimum Gasteiger partial charge on any atom is -0.497 e. The third-order valence-electron chi connectivity index (χ3n) is 7.23. The molecule has 2 nitrogen and oxygen atoms in total. The average Bonchev–Trinajstić information content (AvgIpc) is 2.82. The molecular weight excluding hydrogens is 272 g/mol. The van der Waals surface area contributed by atoms with E-state index in [1.165, 1.54) is 24.8 Å². The fourth-order valence-electron chi connectivity index (χ4n) is 6.05. The summed E-state index contributed by atoms with van der Waals surface area (Å²) in [5.74, 6) is 3.83. The van der Waals surface area contributed by atoms with E-state index in [-0.39, 0.29) is 11.5 Å². The van der Waals surface area contributed by atoms with Crippen LogP contribution >= 0.6 is 0 Å². The molecule has 22 heavy (non-hydrogen) atoms. The SMILES string of the molecule is COc1ccc2c(c1)C[C@@H](C)[C@@H]1[C@@H]2CC[C@]2(C)C(O)CC[C@@H]12. The second kappa shape index (κ2) is 4.99. The fraction of sp³-hybridized carbons (Fsp3) is 0.700. The first-order chi connectivity index (χ1) is 10.5. The Hall–Kier alpha value is -1.02. The first-order valence-corrected chi connectivity index (χ1v) is 8.89. The Morgan fingerprint density at radius 2 is 2.05 bits per heavy atom. The molecule has 6 atom stereocenters. The minimum absolute atomic E-state index is 0.0806. The van der Waals surface area contributed by atoms with Crippen molar-refractivity contribution in [3.63, 3.8) is 0 Å². The number of benzene rings is 1. The second-order valence-corrected chi connectivity index (χ2v) is 8.17. The van der Waals surface area contributed by atoms with Crippen LogP contribution in [0.15, 0.2) is 18.2 Å². The lowest BCUT2D eigenvalue weighted by Crippen LogP contribution is -2.46. The maximum absolute atomic E-state index is 10.5. The maximum Gasteiger partial charge on any atom is 0.119 e. The van der Waals surface area contributed by atoms with Gasteiger partial charge < -0.3 is 9.84 Å². The molecule has 120 valence electrons. The standard InChI is InChI=1S/C20H28O2/c1-12-10-13-11-14(22-3)4-5-15(13)16-8-9-20(2)17(19(12)16)6-7-18(20)21/h4-5,11-12,16-19,21H,6-10H2,1-3H3/t12-,16-,17+,18?,19-,20+/m1/s1. The van der Waals surface area contributed by atoms with Crippen molar-refractivity contribution in [1.29, 1.82) is 0 Å². The van der Waals surface area contributed by atoms with Crippen LogP contribution in [0.3, 0.4) is 0 Å². The summed E-state index contributed by atoms with van der Waals surface area (Å²) in [7, 11) is 1.75. The van der Waals surface area contributed by atoms with Gasteiger partial charge in [-0.1, -0.05) is 19.9 Å². The zero-order chi connectivity index (χ0) is 15.5. The molecule has 0 heterocycles. The average molecular weight is 300 g/mol. The van der Waals surface area contributed by atoms with Crippen LogP contribution in [0.4, 0.5) is 0 Å². The molecule has 0 saturated heterocycles. The van der Waals surface area contributed by atoms with Gasteiger partial charge >= 0.3 is 0 Å². The molecule has 2 saturated carbocycles. The predicted octanol–water partition coefficient (Wildman–Crippen LogP) is 4.16. The van der Waals surface area contributed by atoms with Crippen molar-refractivity contribution in [1.82, 2.24) is 0 Å². The van der Waals surface area contributed by atoms with Crippen LogP contribution in [-0.4, -0.2) is 18.3 Å². The van der Waals surface area contributed by atoms with Crippen molar-refractivity contribution < 1.29 is 9.84 Å². The van der Waals surface area contributed by atoms with Crippen molar-refractivity contribution in [3.05, 3.63) is 29.3 Å². The predicted molar refractivity (Wildman–Crippen MR) is 88.2 cm³/mol. The monoisotopic (exact) mass is 300 g/mol. The molecule has 0 aliphatic heterocycles. The van der Waals surface area contributed by atoms with Crippen LogP contribution < -0.4 is 4.74 Å². The second-order valence-electron chi connectivity index (χ2n) is 8.17. The summed E-state index contributed by atoms with van der Waals surface area (Å²) in [4.78, 5) is 0. The van der Waals surface area contributed by atoms with E-state index in [9.17, 15) is 5.11 Å². The molecule has 0 aromatic heterocycles. The molecule has 4 rings (SSSR count). The maximum atomic E-state index is 10.5. The number of hydrogen-bond donors (Lipinski definition) is 1. The zero-order valence-electron chi connectivity index (χ0n) is 14.0. The van der Waals surface area contributed by atoms with Crippen molar-refractivity contribution in [2.45, 2.75) is 58.0 Å². The summed E-state index contributed by atoms with van der Waals surface area (Å²) >= 11 is 0. The van der Waals surface area contributed by atoms with Crippen LogP contribution in [-0.2, 0) is 6.42 Å². The molecule has 0 spiro atoms. The molecule has 1 aromatic carbocycles. The van der Waals surface area contributed by atoms with Gasteiger partial charge in [0.2, 0.25) is 0 Å². The van der Waals surface area contributed by atoms with Crippen LogP contribution in [0.2, 0.25) is 0 Å². The number of ether oxygens (including phenoxy) is 1. The minimum atomic E-state index is -0.0806. The van der Waals surface area contributed by atoms with Gasteiger partial charge in [0, 0.05) is 0 Å². The van der Waals surface area contributed by atoms with Crippen molar-refractivity contribution in [3.8, 4) is 5.75 Å². The van der Waals surface area contributed by atoms with Crippen LogP contribution in [0.25, 0.3) is 0 Å². The van der Waals surface area contributed by atoms with E-state index in [1.54, 1.807) is 12.7 Å². The molecular formula is C20H28O2. The van der Waals surface area contributed by atoms with Gasteiger partial charge in [0.25, 0.3) is 0 Å². The number of aliphatic hydroxyl groups excluding tert-OH is 1. The molecule has 3 aliphatic rings.